The molecule has 1 unspecified atom stereocenters. The Morgan fingerprint density at radius 1 is 1.48 bits per heavy atom. The molecule has 2 aromatic heterocycles. The lowest BCUT2D eigenvalue weighted by Gasteiger charge is -2.37. The molecule has 0 aliphatic carbocycles. The van der Waals surface area contributed by atoms with Crippen LogP contribution in [0.3, 0.4) is 0 Å². The molecule has 0 radical (unpaired) electrons. The van der Waals surface area contributed by atoms with Crippen molar-refractivity contribution in [1.82, 2.24) is 19.8 Å². The summed E-state index contributed by atoms with van der Waals surface area (Å²) in [5.74, 6) is -0.499. The monoisotopic (exact) mass is 385 g/mol. The van der Waals surface area contributed by atoms with Crippen LogP contribution in [-0.4, -0.2) is 50.7 Å². The molecule has 2 aromatic rings. The van der Waals surface area contributed by atoms with E-state index in [1.54, 1.807) is 22.2 Å². The van der Waals surface area contributed by atoms with Crippen molar-refractivity contribution in [1.29, 1.82) is 5.26 Å². The van der Waals surface area contributed by atoms with E-state index >= 15 is 0 Å². The summed E-state index contributed by atoms with van der Waals surface area (Å²) < 4.78 is 0. The predicted molar refractivity (Wildman–Crippen MR) is 99.9 cm³/mol. The number of aromatic amines is 1. The molecule has 2 atom stereocenters. The Morgan fingerprint density at radius 2 is 2.26 bits per heavy atom. The van der Waals surface area contributed by atoms with Crippen LogP contribution >= 0.6 is 11.6 Å². The number of pyridine rings is 1. The average Bonchev–Trinajstić information content (AvgIpc) is 3.28. The average molecular weight is 386 g/mol. The molecule has 0 spiro atoms. The molecule has 0 saturated carbocycles. The summed E-state index contributed by atoms with van der Waals surface area (Å²) >= 11 is 6.36. The first-order valence-corrected chi connectivity index (χ1v) is 9.44. The predicted octanol–water partition coefficient (Wildman–Crippen LogP) is 2.57. The maximum Gasteiger partial charge on any atom is 0.257 e. The van der Waals surface area contributed by atoms with Crippen LogP contribution in [-0.2, 0) is 11.3 Å². The van der Waals surface area contributed by atoms with Gasteiger partial charge in [0, 0.05) is 43.0 Å². The number of halogens is 1. The molecule has 2 aliphatic rings. The van der Waals surface area contributed by atoms with Gasteiger partial charge in [-0.25, -0.2) is 4.98 Å². The lowest BCUT2D eigenvalue weighted by molar-refractivity contribution is -0.137. The first kappa shape index (κ1) is 17.8. The van der Waals surface area contributed by atoms with E-state index in [1.807, 2.05) is 13.8 Å². The van der Waals surface area contributed by atoms with E-state index in [4.69, 9.17) is 16.9 Å². The third-order valence-electron chi connectivity index (χ3n) is 5.48. The summed E-state index contributed by atoms with van der Waals surface area (Å²) in [6.45, 7) is 5.12. The number of carbonyl (C=O) groups is 2. The van der Waals surface area contributed by atoms with Gasteiger partial charge in [-0.2, -0.15) is 5.26 Å². The topological polar surface area (TPSA) is 93.1 Å². The third kappa shape index (κ3) is 2.76. The van der Waals surface area contributed by atoms with Gasteiger partial charge in [0.15, 0.2) is 0 Å². The van der Waals surface area contributed by atoms with Gasteiger partial charge in [-0.1, -0.05) is 25.4 Å². The molecule has 4 rings (SSSR count). The highest BCUT2D eigenvalue weighted by molar-refractivity contribution is 6.32. The normalized spacial score (nSPS) is 20.4. The smallest absolute Gasteiger partial charge is 0.257 e. The highest BCUT2D eigenvalue weighted by atomic mass is 35.5. The largest absolute Gasteiger partial charge is 0.345 e. The maximum atomic E-state index is 13.2. The molecule has 0 aromatic carbocycles. The van der Waals surface area contributed by atoms with Crippen molar-refractivity contribution in [3.63, 3.8) is 0 Å². The van der Waals surface area contributed by atoms with Gasteiger partial charge in [-0.05, 0) is 12.3 Å². The Kier molecular flexibility index (Phi) is 4.31. The quantitative estimate of drug-likeness (QED) is 0.878. The molecule has 1 saturated heterocycles. The Balaban J connectivity index is 1.70. The number of H-pyrrole nitrogens is 1. The summed E-state index contributed by atoms with van der Waals surface area (Å²) in [7, 11) is 0. The lowest BCUT2D eigenvalue weighted by Crippen LogP contribution is -2.53. The van der Waals surface area contributed by atoms with Crippen molar-refractivity contribution in [3.05, 3.63) is 28.5 Å². The molecule has 2 aliphatic heterocycles. The zero-order valence-corrected chi connectivity index (χ0v) is 16.0. The van der Waals surface area contributed by atoms with Crippen molar-refractivity contribution in [2.24, 2.45) is 11.8 Å². The van der Waals surface area contributed by atoms with Crippen LogP contribution in [0.1, 0.15) is 36.2 Å². The number of carbonyl (C=O) groups excluding carboxylic acids is 2. The fourth-order valence-electron chi connectivity index (χ4n) is 4.11. The number of rotatable bonds is 3. The van der Waals surface area contributed by atoms with Crippen molar-refractivity contribution >= 4 is 34.4 Å². The zero-order valence-electron chi connectivity index (χ0n) is 15.2. The fourth-order valence-corrected chi connectivity index (χ4v) is 4.32. The Labute approximate surface area is 161 Å². The van der Waals surface area contributed by atoms with Crippen LogP contribution in [0.25, 0.3) is 11.0 Å². The second-order valence-corrected chi connectivity index (χ2v) is 7.94. The summed E-state index contributed by atoms with van der Waals surface area (Å²) in [6.07, 6.45) is 3.88. The summed E-state index contributed by atoms with van der Waals surface area (Å²) in [5, 5.41) is 10.4. The summed E-state index contributed by atoms with van der Waals surface area (Å²) in [4.78, 5) is 37.0. The Hall–Kier alpha value is -2.59. The molecular formula is C19H20ClN5O2. The van der Waals surface area contributed by atoms with E-state index in [0.29, 0.717) is 35.7 Å². The van der Waals surface area contributed by atoms with Crippen LogP contribution < -0.4 is 0 Å². The molecule has 4 heterocycles. The summed E-state index contributed by atoms with van der Waals surface area (Å²) in [5.41, 5.74) is 1.93. The van der Waals surface area contributed by atoms with Gasteiger partial charge in [-0.3, -0.25) is 9.59 Å². The number of hydrogen-bond acceptors (Lipinski definition) is 4. The van der Waals surface area contributed by atoms with Gasteiger partial charge in [0.2, 0.25) is 5.91 Å². The first-order chi connectivity index (χ1) is 12.9. The molecule has 140 valence electrons. The number of aromatic nitrogens is 2. The Bertz CT molecular complexity index is 976. The van der Waals surface area contributed by atoms with Gasteiger partial charge in [0.1, 0.15) is 11.7 Å². The summed E-state index contributed by atoms with van der Waals surface area (Å²) in [6, 6.07) is 1.63. The SMILES string of the molecule is CC(C)[C@H](C(=O)N1CCC(C#N)C1)N1Cc2c(Cl)cnc3[nH]cc(c23)C1=O. The van der Waals surface area contributed by atoms with Gasteiger partial charge in [-0.15, -0.1) is 0 Å². The van der Waals surface area contributed by atoms with Crippen LogP contribution in [0.5, 0.6) is 0 Å². The number of likely N-dealkylation sites (tertiary alicyclic amines) is 1. The van der Waals surface area contributed by atoms with Crippen LogP contribution in [0, 0.1) is 23.2 Å². The van der Waals surface area contributed by atoms with E-state index in [-0.39, 0.29) is 30.2 Å². The molecule has 7 nitrogen and oxygen atoms in total. The van der Waals surface area contributed by atoms with Gasteiger partial charge < -0.3 is 14.8 Å². The van der Waals surface area contributed by atoms with Crippen molar-refractivity contribution in [2.75, 3.05) is 13.1 Å². The van der Waals surface area contributed by atoms with Gasteiger partial charge in [0.05, 0.1) is 22.6 Å². The molecular weight excluding hydrogens is 366 g/mol. The molecule has 8 heteroatoms. The van der Waals surface area contributed by atoms with Crippen molar-refractivity contribution in [3.8, 4) is 6.07 Å². The van der Waals surface area contributed by atoms with Crippen LogP contribution in [0.15, 0.2) is 12.4 Å². The van der Waals surface area contributed by atoms with Crippen LogP contribution in [0.4, 0.5) is 0 Å². The highest BCUT2D eigenvalue weighted by Gasteiger charge is 2.41. The second-order valence-electron chi connectivity index (χ2n) is 7.53. The first-order valence-electron chi connectivity index (χ1n) is 9.06. The number of nitriles is 1. The minimum Gasteiger partial charge on any atom is -0.345 e. The number of nitrogens with one attached hydrogen (secondary N) is 1. The minimum atomic E-state index is -0.600. The van der Waals surface area contributed by atoms with Crippen molar-refractivity contribution < 1.29 is 9.59 Å². The number of hydrogen-bond donors (Lipinski definition) is 1. The van der Waals surface area contributed by atoms with E-state index < -0.39 is 6.04 Å². The standard InChI is InChI=1S/C19H20ClN5O2/c1-10(2)16(19(27)24-4-3-11(5-21)8-24)25-9-13-14(20)7-23-17-15(13)12(6-22-17)18(25)26/h6-7,10-11,16H,3-4,8-9H2,1-2H3,(H,22,23)/t11?,16-/m1/s1. The van der Waals surface area contributed by atoms with E-state index in [0.717, 1.165) is 10.9 Å². The lowest BCUT2D eigenvalue weighted by atomic mass is 9.95. The minimum absolute atomic E-state index is 0.0702. The second kappa shape index (κ2) is 6.54. The van der Waals surface area contributed by atoms with E-state index in [1.165, 1.54) is 0 Å². The van der Waals surface area contributed by atoms with Gasteiger partial charge >= 0.3 is 0 Å². The van der Waals surface area contributed by atoms with Crippen molar-refractivity contribution in [2.45, 2.75) is 32.9 Å². The molecule has 27 heavy (non-hydrogen) atoms. The van der Waals surface area contributed by atoms with Gasteiger partial charge in [0.25, 0.3) is 5.91 Å². The molecule has 2 amide bonds. The third-order valence-corrected chi connectivity index (χ3v) is 5.80. The number of amides is 2. The molecule has 0 bridgehead atoms. The van der Waals surface area contributed by atoms with E-state index in [2.05, 4.69) is 16.0 Å². The Morgan fingerprint density at radius 3 is 2.93 bits per heavy atom. The van der Waals surface area contributed by atoms with Crippen LogP contribution in [0.2, 0.25) is 5.02 Å². The molecule has 1 fully saturated rings. The fraction of sp³-hybridized carbons (Fsp3) is 0.474. The highest BCUT2D eigenvalue weighted by Crippen LogP contribution is 2.35. The zero-order chi connectivity index (χ0) is 19.3. The number of nitrogens with zero attached hydrogens (tertiary/aromatic N) is 4. The maximum absolute atomic E-state index is 13.2. The molecule has 1 N–H and O–H groups in total. The van der Waals surface area contributed by atoms with E-state index in [9.17, 15) is 9.59 Å².